The van der Waals surface area contributed by atoms with Crippen LogP contribution in [0, 0.1) is 0 Å². The summed E-state index contributed by atoms with van der Waals surface area (Å²) in [4.78, 5) is 19.5. The first-order valence-electron chi connectivity index (χ1n) is 5.93. The van der Waals surface area contributed by atoms with Gasteiger partial charge in [-0.05, 0) is 12.0 Å². The van der Waals surface area contributed by atoms with Gasteiger partial charge in [0.25, 0.3) is 0 Å². The van der Waals surface area contributed by atoms with Gasteiger partial charge in [0.2, 0.25) is 0 Å². The molecule has 7 heteroatoms. The van der Waals surface area contributed by atoms with Crippen LogP contribution in [0.4, 0.5) is 0 Å². The summed E-state index contributed by atoms with van der Waals surface area (Å²) in [5, 5.41) is 32.5. The van der Waals surface area contributed by atoms with Gasteiger partial charge < -0.3 is 26.2 Å². The fraction of sp³-hybridized carbons (Fsp3) is 0.385. The van der Waals surface area contributed by atoms with E-state index in [9.17, 15) is 9.59 Å². The molecule has 0 aliphatic heterocycles. The van der Waals surface area contributed by atoms with Crippen molar-refractivity contribution in [3.05, 3.63) is 35.9 Å². The van der Waals surface area contributed by atoms with Crippen LogP contribution >= 0.6 is 0 Å². The quantitative estimate of drug-likeness (QED) is 0.511. The smallest absolute Gasteiger partial charge is 0.335 e. The van der Waals surface area contributed by atoms with Crippen LogP contribution in [0.5, 0.6) is 0 Å². The molecular formula is C13H19NO6. The highest BCUT2D eigenvalue weighted by Crippen LogP contribution is 2.11. The lowest BCUT2D eigenvalue weighted by atomic mass is 10.1. The minimum absolute atomic E-state index is 0.209. The van der Waals surface area contributed by atoms with E-state index in [1.807, 2.05) is 18.2 Å². The molecule has 1 aromatic carbocycles. The Labute approximate surface area is 116 Å². The number of carbonyl (C=O) groups is 2. The molecule has 0 aliphatic rings. The molecule has 1 aromatic rings. The lowest BCUT2D eigenvalue weighted by molar-refractivity contribution is -0.165. The Hall–Kier alpha value is -1.96. The molecule has 3 atom stereocenters. The molecule has 20 heavy (non-hydrogen) atoms. The van der Waals surface area contributed by atoms with Gasteiger partial charge in [-0.2, -0.15) is 0 Å². The average Bonchev–Trinajstić information content (AvgIpc) is 2.46. The van der Waals surface area contributed by atoms with Gasteiger partial charge in [-0.15, -0.1) is 0 Å². The molecular weight excluding hydrogens is 266 g/mol. The molecule has 0 aromatic heterocycles. The zero-order chi connectivity index (χ0) is 15.7. The number of hydrogen-bond acceptors (Lipinski definition) is 5. The van der Waals surface area contributed by atoms with Gasteiger partial charge >= 0.3 is 11.9 Å². The maximum Gasteiger partial charge on any atom is 0.335 e. The van der Waals surface area contributed by atoms with E-state index in [1.165, 1.54) is 5.56 Å². The van der Waals surface area contributed by atoms with Gasteiger partial charge in [0.1, 0.15) is 0 Å². The molecule has 1 rings (SSSR count). The molecule has 7 nitrogen and oxygen atoms in total. The van der Waals surface area contributed by atoms with Crippen molar-refractivity contribution in [1.29, 1.82) is 0 Å². The second-order valence-corrected chi connectivity index (χ2v) is 3.99. The van der Waals surface area contributed by atoms with Gasteiger partial charge in [0.05, 0.1) is 0 Å². The van der Waals surface area contributed by atoms with E-state index in [1.54, 1.807) is 0 Å². The Balaban J connectivity index is 0.000000361. The number of carboxylic acid groups (broad SMARTS) is 2. The Morgan fingerprint density at radius 2 is 1.45 bits per heavy atom. The number of hydrogen-bond donors (Lipinski definition) is 5. The van der Waals surface area contributed by atoms with Crippen molar-refractivity contribution >= 4 is 11.9 Å². The minimum Gasteiger partial charge on any atom is -0.479 e. The highest BCUT2D eigenvalue weighted by molar-refractivity contribution is 5.83. The van der Waals surface area contributed by atoms with Crippen molar-refractivity contribution < 1.29 is 30.0 Å². The normalized spacial score (nSPS) is 14.4. The van der Waals surface area contributed by atoms with Crippen molar-refractivity contribution in [2.45, 2.75) is 31.6 Å². The number of aliphatic hydroxyl groups is 2. The van der Waals surface area contributed by atoms with Crippen molar-refractivity contribution in [1.82, 2.24) is 0 Å². The van der Waals surface area contributed by atoms with Crippen LogP contribution in [0.15, 0.2) is 30.3 Å². The first kappa shape index (κ1) is 18.0. The third kappa shape index (κ3) is 6.28. The third-order valence-corrected chi connectivity index (χ3v) is 2.47. The van der Waals surface area contributed by atoms with Crippen LogP contribution in [0.2, 0.25) is 0 Å². The number of nitrogens with two attached hydrogens (primary N) is 1. The molecule has 6 N–H and O–H groups in total. The standard InChI is InChI=1S/C9H13N.C4H6O6/c1-2-9(10)8-6-4-3-5-7-8;5-1(3(7)8)2(6)4(9)10/h3-7,9H,2,10H2,1H3;1-2,5-6H,(H,7,8)(H,9,10)/t9-;/m0./s1. The van der Waals surface area contributed by atoms with E-state index in [0.717, 1.165) is 6.42 Å². The van der Waals surface area contributed by atoms with Gasteiger partial charge in [0.15, 0.2) is 12.2 Å². The topological polar surface area (TPSA) is 141 Å². The summed E-state index contributed by atoms with van der Waals surface area (Å²) in [6.07, 6.45) is -3.53. The van der Waals surface area contributed by atoms with E-state index in [4.69, 9.17) is 26.2 Å². The third-order valence-electron chi connectivity index (χ3n) is 2.47. The van der Waals surface area contributed by atoms with E-state index < -0.39 is 24.1 Å². The number of carboxylic acids is 2. The predicted molar refractivity (Wildman–Crippen MR) is 70.9 cm³/mol. The summed E-state index contributed by atoms with van der Waals surface area (Å²) in [6, 6.07) is 10.4. The number of aliphatic hydroxyl groups excluding tert-OH is 2. The maximum atomic E-state index is 9.77. The maximum absolute atomic E-state index is 9.77. The average molecular weight is 285 g/mol. The summed E-state index contributed by atoms with van der Waals surface area (Å²) in [6.45, 7) is 2.09. The van der Waals surface area contributed by atoms with E-state index in [2.05, 4.69) is 19.1 Å². The molecule has 0 heterocycles. The van der Waals surface area contributed by atoms with Gasteiger partial charge in [-0.25, -0.2) is 9.59 Å². The van der Waals surface area contributed by atoms with Crippen LogP contribution in [0.3, 0.4) is 0 Å². The first-order chi connectivity index (χ1) is 9.31. The second-order valence-electron chi connectivity index (χ2n) is 3.99. The monoisotopic (exact) mass is 285 g/mol. The summed E-state index contributed by atoms with van der Waals surface area (Å²) in [5.74, 6) is -3.54. The molecule has 0 radical (unpaired) electrons. The lowest BCUT2D eigenvalue weighted by Gasteiger charge is -2.07. The van der Waals surface area contributed by atoms with Crippen molar-refractivity contribution in [3.8, 4) is 0 Å². The predicted octanol–water partition coefficient (Wildman–Crippen LogP) is -0.0262. The molecule has 0 fully saturated rings. The summed E-state index contributed by atoms with van der Waals surface area (Å²) in [7, 11) is 0. The molecule has 0 aliphatic carbocycles. The zero-order valence-electron chi connectivity index (χ0n) is 11.0. The summed E-state index contributed by atoms with van der Waals surface area (Å²) < 4.78 is 0. The fourth-order valence-electron chi connectivity index (χ4n) is 1.21. The minimum atomic E-state index is -2.27. The van der Waals surface area contributed by atoms with Crippen molar-refractivity contribution in [3.63, 3.8) is 0 Å². The van der Waals surface area contributed by atoms with E-state index in [0.29, 0.717) is 0 Å². The fourth-order valence-corrected chi connectivity index (χ4v) is 1.21. The van der Waals surface area contributed by atoms with Crippen LogP contribution in [-0.4, -0.2) is 44.6 Å². The molecule has 0 spiro atoms. The van der Waals surface area contributed by atoms with Gasteiger partial charge in [0, 0.05) is 6.04 Å². The Bertz CT molecular complexity index is 404. The van der Waals surface area contributed by atoms with Crippen LogP contribution in [-0.2, 0) is 9.59 Å². The Kier molecular flexibility index (Phi) is 8.14. The summed E-state index contributed by atoms with van der Waals surface area (Å²) in [5.41, 5.74) is 7.02. The number of rotatable bonds is 5. The molecule has 2 unspecified atom stereocenters. The van der Waals surface area contributed by atoms with Crippen LogP contribution in [0.25, 0.3) is 0 Å². The molecule has 0 saturated heterocycles. The first-order valence-corrected chi connectivity index (χ1v) is 5.93. The van der Waals surface area contributed by atoms with Gasteiger partial charge in [-0.3, -0.25) is 0 Å². The molecule has 0 saturated carbocycles. The highest BCUT2D eigenvalue weighted by atomic mass is 16.4. The van der Waals surface area contributed by atoms with Crippen molar-refractivity contribution in [2.75, 3.05) is 0 Å². The second kappa shape index (κ2) is 9.03. The lowest BCUT2D eigenvalue weighted by Crippen LogP contribution is -2.39. The van der Waals surface area contributed by atoms with Crippen LogP contribution in [0.1, 0.15) is 24.9 Å². The van der Waals surface area contributed by atoms with Crippen LogP contribution < -0.4 is 5.73 Å². The molecule has 0 bridgehead atoms. The van der Waals surface area contributed by atoms with E-state index >= 15 is 0 Å². The largest absolute Gasteiger partial charge is 0.479 e. The Morgan fingerprint density at radius 1 is 1.05 bits per heavy atom. The number of aliphatic carboxylic acids is 2. The highest BCUT2D eigenvalue weighted by Gasteiger charge is 2.29. The molecule has 112 valence electrons. The Morgan fingerprint density at radius 3 is 1.75 bits per heavy atom. The van der Waals surface area contributed by atoms with Crippen molar-refractivity contribution in [2.24, 2.45) is 5.73 Å². The number of benzene rings is 1. The zero-order valence-corrected chi connectivity index (χ0v) is 11.0. The molecule has 0 amide bonds. The SMILES string of the molecule is CC[C@H](N)c1ccccc1.O=C(O)C(O)C(O)C(=O)O. The summed E-state index contributed by atoms with van der Waals surface area (Å²) >= 11 is 0. The van der Waals surface area contributed by atoms with E-state index in [-0.39, 0.29) is 6.04 Å². The van der Waals surface area contributed by atoms with Gasteiger partial charge in [-0.1, -0.05) is 37.3 Å².